The summed E-state index contributed by atoms with van der Waals surface area (Å²) >= 11 is 0. The van der Waals surface area contributed by atoms with E-state index in [0.29, 0.717) is 12.5 Å². The molecule has 0 spiro atoms. The highest BCUT2D eigenvalue weighted by atomic mass is 16.5. The number of aryl methyl sites for hydroxylation is 1. The molecule has 0 unspecified atom stereocenters. The second-order valence-corrected chi connectivity index (χ2v) is 3.03. The van der Waals surface area contributed by atoms with Crippen LogP contribution in [0.15, 0.2) is 4.52 Å². The normalized spacial score (nSPS) is 15.8. The first-order valence-electron chi connectivity index (χ1n) is 4.52. The number of nitrogens with zero attached hydrogens (tertiary/aromatic N) is 1. The predicted molar refractivity (Wildman–Crippen MR) is 44.3 cm³/mol. The predicted octanol–water partition coefficient (Wildman–Crippen LogP) is 1.95. The second-order valence-electron chi connectivity index (χ2n) is 3.03. The summed E-state index contributed by atoms with van der Waals surface area (Å²) < 4.78 is 10.5. The molecule has 0 aliphatic heterocycles. The first kappa shape index (κ1) is 7.65. The standard InChI is InChI=1S/C9H13NO2/c1-2-11-9-7-5-3-4-6-8(7)12-10-9/h2-6H2,1H3. The first-order chi connectivity index (χ1) is 5.92. The highest BCUT2D eigenvalue weighted by Crippen LogP contribution is 2.28. The minimum absolute atomic E-state index is 0.666. The lowest BCUT2D eigenvalue weighted by atomic mass is 9.99. The number of aromatic nitrogens is 1. The van der Waals surface area contributed by atoms with Gasteiger partial charge in [-0.3, -0.25) is 0 Å². The lowest BCUT2D eigenvalue weighted by Gasteiger charge is -2.08. The van der Waals surface area contributed by atoms with Crippen molar-refractivity contribution < 1.29 is 9.26 Å². The molecule has 0 saturated carbocycles. The Kier molecular flexibility index (Phi) is 2.02. The van der Waals surface area contributed by atoms with E-state index in [9.17, 15) is 0 Å². The largest absolute Gasteiger partial charge is 0.476 e. The van der Waals surface area contributed by atoms with Crippen molar-refractivity contribution in [3.63, 3.8) is 0 Å². The molecule has 3 heteroatoms. The summed E-state index contributed by atoms with van der Waals surface area (Å²) in [5, 5.41) is 3.89. The summed E-state index contributed by atoms with van der Waals surface area (Å²) in [5.41, 5.74) is 1.20. The van der Waals surface area contributed by atoms with E-state index in [-0.39, 0.29) is 0 Å². The van der Waals surface area contributed by atoms with Crippen LogP contribution in [0.4, 0.5) is 0 Å². The zero-order chi connectivity index (χ0) is 8.39. The molecule has 1 aliphatic carbocycles. The quantitative estimate of drug-likeness (QED) is 0.675. The Morgan fingerprint density at radius 2 is 2.25 bits per heavy atom. The molecule has 0 fully saturated rings. The van der Waals surface area contributed by atoms with E-state index < -0.39 is 0 Å². The molecule has 1 aliphatic rings. The summed E-state index contributed by atoms with van der Waals surface area (Å²) in [6.07, 6.45) is 4.53. The topological polar surface area (TPSA) is 35.3 Å². The molecule has 66 valence electrons. The first-order valence-corrected chi connectivity index (χ1v) is 4.52. The Balaban J connectivity index is 2.25. The minimum Gasteiger partial charge on any atom is -0.476 e. The van der Waals surface area contributed by atoms with E-state index in [1.54, 1.807) is 0 Å². The third kappa shape index (κ3) is 1.19. The van der Waals surface area contributed by atoms with Crippen LogP contribution >= 0.6 is 0 Å². The van der Waals surface area contributed by atoms with Crippen LogP contribution < -0.4 is 4.74 Å². The Morgan fingerprint density at radius 1 is 1.42 bits per heavy atom. The van der Waals surface area contributed by atoms with Gasteiger partial charge in [-0.25, -0.2) is 0 Å². The third-order valence-corrected chi connectivity index (χ3v) is 2.20. The van der Waals surface area contributed by atoms with Crippen LogP contribution in [0.2, 0.25) is 0 Å². The van der Waals surface area contributed by atoms with Crippen molar-refractivity contribution in [1.82, 2.24) is 5.16 Å². The molecule has 0 amide bonds. The summed E-state index contributed by atoms with van der Waals surface area (Å²) in [6, 6.07) is 0. The lowest BCUT2D eigenvalue weighted by Crippen LogP contribution is -2.01. The Labute approximate surface area is 71.7 Å². The number of hydrogen-bond donors (Lipinski definition) is 0. The third-order valence-electron chi connectivity index (χ3n) is 2.20. The lowest BCUT2D eigenvalue weighted by molar-refractivity contribution is 0.289. The summed E-state index contributed by atoms with van der Waals surface area (Å²) in [6.45, 7) is 2.63. The zero-order valence-corrected chi connectivity index (χ0v) is 7.30. The van der Waals surface area contributed by atoms with Crippen LogP contribution in [0.3, 0.4) is 0 Å². The van der Waals surface area contributed by atoms with Crippen LogP contribution in [0.1, 0.15) is 31.1 Å². The van der Waals surface area contributed by atoms with E-state index in [1.165, 1.54) is 18.4 Å². The molecule has 0 N–H and O–H groups in total. The summed E-state index contributed by atoms with van der Waals surface area (Å²) in [5.74, 6) is 1.75. The van der Waals surface area contributed by atoms with Gasteiger partial charge in [-0.1, -0.05) is 0 Å². The van der Waals surface area contributed by atoms with Gasteiger partial charge in [0, 0.05) is 6.42 Å². The maximum atomic E-state index is 5.34. The molecule has 1 aromatic rings. The van der Waals surface area contributed by atoms with Gasteiger partial charge in [-0.05, 0) is 31.3 Å². The molecule has 0 radical (unpaired) electrons. The van der Waals surface area contributed by atoms with E-state index in [0.717, 1.165) is 18.6 Å². The molecular formula is C9H13NO2. The van der Waals surface area contributed by atoms with Crippen molar-refractivity contribution in [3.8, 4) is 5.88 Å². The van der Waals surface area contributed by atoms with Crippen LogP contribution in [0.5, 0.6) is 5.88 Å². The molecule has 12 heavy (non-hydrogen) atoms. The van der Waals surface area contributed by atoms with Gasteiger partial charge < -0.3 is 9.26 Å². The average Bonchev–Trinajstić information content (AvgIpc) is 2.50. The van der Waals surface area contributed by atoms with Gasteiger partial charge in [0.25, 0.3) is 5.88 Å². The van der Waals surface area contributed by atoms with Crippen molar-refractivity contribution in [1.29, 1.82) is 0 Å². The Bertz CT molecular complexity index is 267. The zero-order valence-electron chi connectivity index (χ0n) is 7.30. The molecule has 1 heterocycles. The average molecular weight is 167 g/mol. The summed E-state index contributed by atoms with van der Waals surface area (Å²) in [7, 11) is 0. The maximum Gasteiger partial charge on any atom is 0.257 e. The van der Waals surface area contributed by atoms with Crippen LogP contribution in [0, 0.1) is 0 Å². The van der Waals surface area contributed by atoms with E-state index in [4.69, 9.17) is 9.26 Å². The van der Waals surface area contributed by atoms with Gasteiger partial charge in [-0.2, -0.15) is 0 Å². The Morgan fingerprint density at radius 3 is 3.08 bits per heavy atom. The highest BCUT2D eigenvalue weighted by molar-refractivity contribution is 5.30. The molecule has 1 aromatic heterocycles. The van der Waals surface area contributed by atoms with Gasteiger partial charge in [0.2, 0.25) is 0 Å². The fraction of sp³-hybridized carbons (Fsp3) is 0.667. The minimum atomic E-state index is 0.666. The van der Waals surface area contributed by atoms with Crippen molar-refractivity contribution in [3.05, 3.63) is 11.3 Å². The van der Waals surface area contributed by atoms with Gasteiger partial charge in [0.05, 0.1) is 12.2 Å². The smallest absolute Gasteiger partial charge is 0.257 e. The van der Waals surface area contributed by atoms with Gasteiger partial charge >= 0.3 is 0 Å². The molecule has 3 nitrogen and oxygen atoms in total. The molecule has 0 bridgehead atoms. The van der Waals surface area contributed by atoms with Crippen molar-refractivity contribution >= 4 is 0 Å². The second kappa shape index (κ2) is 3.17. The van der Waals surface area contributed by atoms with E-state index >= 15 is 0 Å². The highest BCUT2D eigenvalue weighted by Gasteiger charge is 2.19. The number of ether oxygens (including phenoxy) is 1. The number of fused-ring (bicyclic) bond motifs is 1. The molecule has 2 rings (SSSR count). The summed E-state index contributed by atoms with van der Waals surface area (Å²) in [4.78, 5) is 0. The van der Waals surface area contributed by atoms with Crippen molar-refractivity contribution in [2.45, 2.75) is 32.6 Å². The Hall–Kier alpha value is -0.990. The molecule has 0 aromatic carbocycles. The van der Waals surface area contributed by atoms with E-state index in [2.05, 4.69) is 5.16 Å². The van der Waals surface area contributed by atoms with Crippen LogP contribution in [-0.2, 0) is 12.8 Å². The van der Waals surface area contributed by atoms with Crippen LogP contribution in [-0.4, -0.2) is 11.8 Å². The molecule has 0 saturated heterocycles. The molecule has 0 atom stereocenters. The van der Waals surface area contributed by atoms with Crippen molar-refractivity contribution in [2.75, 3.05) is 6.61 Å². The van der Waals surface area contributed by atoms with Gasteiger partial charge in [-0.15, -0.1) is 0 Å². The fourth-order valence-corrected chi connectivity index (χ4v) is 1.61. The maximum absolute atomic E-state index is 5.34. The van der Waals surface area contributed by atoms with Gasteiger partial charge in [0.15, 0.2) is 0 Å². The number of rotatable bonds is 2. The molecular weight excluding hydrogens is 154 g/mol. The van der Waals surface area contributed by atoms with Gasteiger partial charge in [0.1, 0.15) is 5.76 Å². The monoisotopic (exact) mass is 167 g/mol. The van der Waals surface area contributed by atoms with Crippen LogP contribution in [0.25, 0.3) is 0 Å². The fourth-order valence-electron chi connectivity index (χ4n) is 1.61. The van der Waals surface area contributed by atoms with Crippen molar-refractivity contribution in [2.24, 2.45) is 0 Å². The number of hydrogen-bond acceptors (Lipinski definition) is 3. The SMILES string of the molecule is CCOc1noc2c1CCCC2. The van der Waals surface area contributed by atoms with E-state index in [1.807, 2.05) is 6.92 Å².